The normalized spacial score (nSPS) is 10.4. The van der Waals surface area contributed by atoms with Crippen molar-refractivity contribution in [1.82, 2.24) is 0 Å². The molecule has 2 aromatic rings. The number of halogens is 1. The van der Waals surface area contributed by atoms with Crippen LogP contribution in [0.4, 0.5) is 11.4 Å². The zero-order valence-electron chi connectivity index (χ0n) is 12.2. The van der Waals surface area contributed by atoms with Crippen molar-refractivity contribution in [2.75, 3.05) is 11.1 Å². The van der Waals surface area contributed by atoms with Gasteiger partial charge >= 0.3 is 0 Å². The molecule has 21 heavy (non-hydrogen) atoms. The third kappa shape index (κ3) is 4.33. The Morgan fingerprint density at radius 3 is 2.48 bits per heavy atom. The second-order valence-electron chi connectivity index (χ2n) is 5.22. The van der Waals surface area contributed by atoms with E-state index in [1.54, 1.807) is 0 Å². The Hall–Kier alpha value is -1.81. The Labute approximate surface area is 133 Å². The van der Waals surface area contributed by atoms with Crippen LogP contribution in [-0.2, 0) is 11.2 Å². The molecule has 0 atom stereocenters. The highest BCUT2D eigenvalue weighted by atomic mass is 79.9. The summed E-state index contributed by atoms with van der Waals surface area (Å²) in [6.45, 7) is 4.03. The maximum Gasteiger partial charge on any atom is 0.224 e. The van der Waals surface area contributed by atoms with Crippen molar-refractivity contribution in [2.45, 2.75) is 26.7 Å². The number of hydrogen-bond acceptors (Lipinski definition) is 2. The molecular formula is C17H19BrN2O. The molecule has 0 aromatic heterocycles. The fourth-order valence-corrected chi connectivity index (χ4v) is 2.48. The van der Waals surface area contributed by atoms with Gasteiger partial charge in [0.25, 0.3) is 0 Å². The van der Waals surface area contributed by atoms with Gasteiger partial charge in [0.15, 0.2) is 0 Å². The summed E-state index contributed by atoms with van der Waals surface area (Å²) in [5.74, 6) is 0.0125. The van der Waals surface area contributed by atoms with Crippen molar-refractivity contribution < 1.29 is 4.79 Å². The summed E-state index contributed by atoms with van der Waals surface area (Å²) in [7, 11) is 0. The molecule has 2 aromatic carbocycles. The van der Waals surface area contributed by atoms with Crippen LogP contribution in [0.2, 0.25) is 0 Å². The van der Waals surface area contributed by atoms with Crippen LogP contribution in [-0.4, -0.2) is 5.91 Å². The van der Waals surface area contributed by atoms with Gasteiger partial charge in [-0.1, -0.05) is 28.1 Å². The van der Waals surface area contributed by atoms with Crippen LogP contribution in [0.1, 0.15) is 23.1 Å². The van der Waals surface area contributed by atoms with Crippen molar-refractivity contribution in [1.29, 1.82) is 0 Å². The van der Waals surface area contributed by atoms with Gasteiger partial charge < -0.3 is 11.1 Å². The number of rotatable bonds is 4. The van der Waals surface area contributed by atoms with Gasteiger partial charge in [-0.25, -0.2) is 0 Å². The van der Waals surface area contributed by atoms with Gasteiger partial charge in [-0.05, 0) is 61.2 Å². The first-order chi connectivity index (χ1) is 9.95. The van der Waals surface area contributed by atoms with Crippen LogP contribution in [0, 0.1) is 13.8 Å². The van der Waals surface area contributed by atoms with Crippen molar-refractivity contribution in [3.63, 3.8) is 0 Å². The summed E-state index contributed by atoms with van der Waals surface area (Å²) in [5.41, 5.74) is 10.6. The van der Waals surface area contributed by atoms with Crippen molar-refractivity contribution >= 4 is 33.2 Å². The summed E-state index contributed by atoms with van der Waals surface area (Å²) in [6.07, 6.45) is 1.13. The quantitative estimate of drug-likeness (QED) is 0.814. The molecule has 0 aliphatic rings. The Kier molecular flexibility index (Phi) is 5.02. The Bertz CT molecular complexity index is 645. The van der Waals surface area contributed by atoms with Gasteiger partial charge in [0, 0.05) is 22.3 Å². The molecule has 0 spiro atoms. The number of hydrogen-bond donors (Lipinski definition) is 2. The smallest absolute Gasteiger partial charge is 0.224 e. The molecule has 0 unspecified atom stereocenters. The summed E-state index contributed by atoms with van der Waals surface area (Å²) in [4.78, 5) is 12.0. The molecule has 0 saturated heterocycles. The molecule has 0 fully saturated rings. The minimum atomic E-state index is 0.0125. The highest BCUT2D eigenvalue weighted by Crippen LogP contribution is 2.25. The van der Waals surface area contributed by atoms with E-state index in [4.69, 9.17) is 5.73 Å². The molecule has 3 nitrogen and oxygen atoms in total. The molecule has 110 valence electrons. The van der Waals surface area contributed by atoms with Crippen LogP contribution in [0.25, 0.3) is 0 Å². The van der Waals surface area contributed by atoms with Crippen molar-refractivity contribution in [3.8, 4) is 0 Å². The maximum absolute atomic E-state index is 12.0. The SMILES string of the molecule is Cc1cc(NC(=O)CCc2cccc(N)c2)cc(C)c1Br. The molecule has 0 aliphatic carbocycles. The largest absolute Gasteiger partial charge is 0.399 e. The van der Waals surface area contributed by atoms with E-state index >= 15 is 0 Å². The van der Waals surface area contributed by atoms with Gasteiger partial charge in [0.1, 0.15) is 0 Å². The first kappa shape index (κ1) is 15.6. The molecular weight excluding hydrogens is 328 g/mol. The van der Waals surface area contributed by atoms with Crippen LogP contribution in [0.15, 0.2) is 40.9 Å². The number of amides is 1. The molecule has 4 heteroatoms. The van der Waals surface area contributed by atoms with E-state index in [0.29, 0.717) is 12.8 Å². The lowest BCUT2D eigenvalue weighted by atomic mass is 10.1. The molecule has 1 amide bonds. The predicted octanol–water partition coefficient (Wildman–Crippen LogP) is 4.22. The molecule has 0 bridgehead atoms. The fourth-order valence-electron chi connectivity index (χ4n) is 2.25. The van der Waals surface area contributed by atoms with E-state index in [1.165, 1.54) is 0 Å². The first-order valence-electron chi connectivity index (χ1n) is 6.86. The number of aryl methyl sites for hydroxylation is 3. The van der Waals surface area contributed by atoms with Crippen molar-refractivity contribution in [2.24, 2.45) is 0 Å². The van der Waals surface area contributed by atoms with Gasteiger partial charge in [0.2, 0.25) is 5.91 Å². The number of carbonyl (C=O) groups excluding carboxylic acids is 1. The predicted molar refractivity (Wildman–Crippen MR) is 91.4 cm³/mol. The van der Waals surface area contributed by atoms with Crippen LogP contribution in [0.5, 0.6) is 0 Å². The summed E-state index contributed by atoms with van der Waals surface area (Å²) >= 11 is 3.52. The first-order valence-corrected chi connectivity index (χ1v) is 7.66. The Morgan fingerprint density at radius 1 is 1.19 bits per heavy atom. The zero-order valence-corrected chi connectivity index (χ0v) is 13.8. The third-order valence-electron chi connectivity index (χ3n) is 3.31. The number of anilines is 2. The van der Waals surface area contributed by atoms with Gasteiger partial charge in [-0.2, -0.15) is 0 Å². The van der Waals surface area contributed by atoms with Crippen LogP contribution in [0.3, 0.4) is 0 Å². The van der Waals surface area contributed by atoms with Crippen LogP contribution < -0.4 is 11.1 Å². The number of nitrogens with one attached hydrogen (secondary N) is 1. The lowest BCUT2D eigenvalue weighted by Gasteiger charge is -2.10. The minimum absolute atomic E-state index is 0.0125. The lowest BCUT2D eigenvalue weighted by molar-refractivity contribution is -0.116. The highest BCUT2D eigenvalue weighted by molar-refractivity contribution is 9.10. The minimum Gasteiger partial charge on any atom is -0.399 e. The van der Waals surface area contributed by atoms with Crippen LogP contribution >= 0.6 is 15.9 Å². The molecule has 0 heterocycles. The van der Waals surface area contributed by atoms with E-state index < -0.39 is 0 Å². The highest BCUT2D eigenvalue weighted by Gasteiger charge is 2.06. The molecule has 2 rings (SSSR count). The van der Waals surface area contributed by atoms with Gasteiger partial charge in [-0.15, -0.1) is 0 Å². The zero-order chi connectivity index (χ0) is 15.4. The lowest BCUT2D eigenvalue weighted by Crippen LogP contribution is -2.12. The topological polar surface area (TPSA) is 55.1 Å². The third-order valence-corrected chi connectivity index (χ3v) is 4.56. The Balaban J connectivity index is 1.96. The van der Waals surface area contributed by atoms with E-state index in [0.717, 1.165) is 32.5 Å². The second kappa shape index (κ2) is 6.76. The average Bonchev–Trinajstić information content (AvgIpc) is 2.42. The maximum atomic E-state index is 12.0. The summed E-state index contributed by atoms with van der Waals surface area (Å²) in [6, 6.07) is 11.6. The van der Waals surface area contributed by atoms with E-state index in [9.17, 15) is 4.79 Å². The molecule has 0 aliphatic heterocycles. The van der Waals surface area contributed by atoms with E-state index in [1.807, 2.05) is 50.2 Å². The molecule has 3 N–H and O–H groups in total. The van der Waals surface area contributed by atoms with Gasteiger partial charge in [-0.3, -0.25) is 4.79 Å². The molecule has 0 saturated carbocycles. The fraction of sp³-hybridized carbons (Fsp3) is 0.235. The number of nitrogens with two attached hydrogens (primary N) is 1. The summed E-state index contributed by atoms with van der Waals surface area (Å²) in [5, 5.41) is 2.94. The average molecular weight is 347 g/mol. The van der Waals surface area contributed by atoms with E-state index in [2.05, 4.69) is 21.2 Å². The number of nitrogen functional groups attached to an aromatic ring is 1. The Morgan fingerprint density at radius 2 is 1.86 bits per heavy atom. The molecule has 0 radical (unpaired) electrons. The van der Waals surface area contributed by atoms with Crippen molar-refractivity contribution in [3.05, 3.63) is 57.6 Å². The second-order valence-corrected chi connectivity index (χ2v) is 6.01. The number of carbonyl (C=O) groups is 1. The summed E-state index contributed by atoms with van der Waals surface area (Å²) < 4.78 is 1.08. The standard InChI is InChI=1S/C17H19BrN2O/c1-11-8-15(9-12(2)17(11)18)20-16(21)7-6-13-4-3-5-14(19)10-13/h3-5,8-10H,6-7,19H2,1-2H3,(H,20,21). The number of benzene rings is 2. The van der Waals surface area contributed by atoms with Gasteiger partial charge in [0.05, 0.1) is 0 Å². The van der Waals surface area contributed by atoms with E-state index in [-0.39, 0.29) is 5.91 Å². The monoisotopic (exact) mass is 346 g/mol.